The normalized spacial score (nSPS) is 25.0. The van der Waals surface area contributed by atoms with Crippen molar-refractivity contribution in [2.75, 3.05) is 0 Å². The molecule has 2 heterocycles. The molecule has 0 aromatic carbocycles. The van der Waals surface area contributed by atoms with Crippen LogP contribution in [0.15, 0.2) is 10.6 Å². The molecule has 1 aromatic heterocycles. The molecule has 1 aliphatic rings. The summed E-state index contributed by atoms with van der Waals surface area (Å²) in [5.74, 6) is 0.942. The number of amides is 2. The fourth-order valence-corrected chi connectivity index (χ4v) is 2.59. The number of hydrogen-bond donors (Lipinski definition) is 1. The minimum atomic E-state index is -0.518. The molecule has 20 heavy (non-hydrogen) atoms. The molecule has 1 N–H and O–H groups in total. The Bertz CT molecular complexity index is 523. The SMILES string of the molecule is Cc1cnc(C(C)N2C(=O)C(C)NC(=O)C2C(C)C)o1. The lowest BCUT2D eigenvalue weighted by Gasteiger charge is -2.42. The first-order chi connectivity index (χ1) is 9.32. The Balaban J connectivity index is 2.37. The van der Waals surface area contributed by atoms with Crippen molar-refractivity contribution in [3.63, 3.8) is 0 Å². The number of carbonyl (C=O) groups is 2. The number of nitrogens with one attached hydrogen (secondary N) is 1. The molecule has 2 rings (SSSR count). The zero-order valence-electron chi connectivity index (χ0n) is 12.5. The maximum atomic E-state index is 12.4. The molecule has 6 nitrogen and oxygen atoms in total. The van der Waals surface area contributed by atoms with Crippen LogP contribution in [0.3, 0.4) is 0 Å². The van der Waals surface area contributed by atoms with Crippen molar-refractivity contribution in [3.05, 3.63) is 17.8 Å². The summed E-state index contributed by atoms with van der Waals surface area (Å²) < 4.78 is 5.51. The Morgan fingerprint density at radius 2 is 2.00 bits per heavy atom. The number of oxazole rings is 1. The predicted octanol–water partition coefficient (Wildman–Crippen LogP) is 1.42. The Labute approximate surface area is 118 Å². The maximum Gasteiger partial charge on any atom is 0.246 e. The van der Waals surface area contributed by atoms with Crippen LogP contribution in [0.4, 0.5) is 0 Å². The van der Waals surface area contributed by atoms with Gasteiger partial charge in [-0.05, 0) is 26.7 Å². The first-order valence-corrected chi connectivity index (χ1v) is 6.87. The van der Waals surface area contributed by atoms with Gasteiger partial charge in [0.2, 0.25) is 17.7 Å². The Kier molecular flexibility index (Phi) is 3.83. The Hall–Kier alpha value is -1.85. The van der Waals surface area contributed by atoms with Crippen molar-refractivity contribution in [1.82, 2.24) is 15.2 Å². The number of piperazine rings is 1. The summed E-state index contributed by atoms with van der Waals surface area (Å²) in [5.41, 5.74) is 0. The van der Waals surface area contributed by atoms with Crippen LogP contribution in [0.5, 0.6) is 0 Å². The number of aryl methyl sites for hydroxylation is 1. The molecular weight excluding hydrogens is 258 g/mol. The van der Waals surface area contributed by atoms with Crippen molar-refractivity contribution in [1.29, 1.82) is 0 Å². The van der Waals surface area contributed by atoms with E-state index in [2.05, 4.69) is 10.3 Å². The summed E-state index contributed by atoms with van der Waals surface area (Å²) >= 11 is 0. The molecule has 110 valence electrons. The number of hydrogen-bond acceptors (Lipinski definition) is 4. The molecule has 0 aliphatic carbocycles. The van der Waals surface area contributed by atoms with E-state index < -0.39 is 12.1 Å². The van der Waals surface area contributed by atoms with Crippen LogP contribution in [0, 0.1) is 12.8 Å². The molecular formula is C14H21N3O3. The summed E-state index contributed by atoms with van der Waals surface area (Å²) in [6.07, 6.45) is 1.62. The van der Waals surface area contributed by atoms with Crippen LogP contribution in [0.1, 0.15) is 45.4 Å². The molecule has 3 unspecified atom stereocenters. The lowest BCUT2D eigenvalue weighted by atomic mass is 9.95. The fourth-order valence-electron chi connectivity index (χ4n) is 2.59. The lowest BCUT2D eigenvalue weighted by molar-refractivity contribution is -0.154. The van der Waals surface area contributed by atoms with Crippen LogP contribution in [0.25, 0.3) is 0 Å². The van der Waals surface area contributed by atoms with Crippen molar-refractivity contribution < 1.29 is 14.0 Å². The minimum Gasteiger partial charge on any atom is -0.444 e. The maximum absolute atomic E-state index is 12.4. The summed E-state index contributed by atoms with van der Waals surface area (Å²) in [6, 6.07) is -1.38. The van der Waals surface area contributed by atoms with E-state index in [0.717, 1.165) is 0 Å². The quantitative estimate of drug-likeness (QED) is 0.908. The molecule has 0 radical (unpaired) electrons. The largest absolute Gasteiger partial charge is 0.444 e. The molecule has 0 spiro atoms. The standard InChI is InChI=1S/C14H21N3O3/c1-7(2)11-12(18)16-9(4)14(19)17(11)10(5)13-15-6-8(3)20-13/h6-7,9-11H,1-5H3,(H,16,18). The molecule has 2 amide bonds. The molecule has 1 saturated heterocycles. The Morgan fingerprint density at radius 3 is 2.50 bits per heavy atom. The van der Waals surface area contributed by atoms with Gasteiger partial charge in [-0.1, -0.05) is 13.8 Å². The van der Waals surface area contributed by atoms with Crippen LogP contribution in [-0.2, 0) is 9.59 Å². The van der Waals surface area contributed by atoms with Crippen LogP contribution < -0.4 is 5.32 Å². The molecule has 6 heteroatoms. The highest BCUT2D eigenvalue weighted by atomic mass is 16.4. The van der Waals surface area contributed by atoms with E-state index in [1.807, 2.05) is 20.8 Å². The van der Waals surface area contributed by atoms with Gasteiger partial charge in [-0.15, -0.1) is 0 Å². The van der Waals surface area contributed by atoms with E-state index in [1.54, 1.807) is 24.9 Å². The van der Waals surface area contributed by atoms with Gasteiger partial charge < -0.3 is 14.6 Å². The van der Waals surface area contributed by atoms with Crippen molar-refractivity contribution in [2.45, 2.75) is 52.7 Å². The van der Waals surface area contributed by atoms with Crippen LogP contribution in [-0.4, -0.2) is 33.8 Å². The summed E-state index contributed by atoms with van der Waals surface area (Å²) in [5, 5.41) is 2.72. The van der Waals surface area contributed by atoms with E-state index in [0.29, 0.717) is 11.7 Å². The molecule has 3 atom stereocenters. The lowest BCUT2D eigenvalue weighted by Crippen LogP contribution is -2.64. The van der Waals surface area contributed by atoms with Crippen molar-refractivity contribution >= 4 is 11.8 Å². The second-order valence-corrected chi connectivity index (χ2v) is 5.65. The monoisotopic (exact) mass is 279 g/mol. The Morgan fingerprint density at radius 1 is 1.35 bits per heavy atom. The van der Waals surface area contributed by atoms with E-state index in [-0.39, 0.29) is 23.8 Å². The van der Waals surface area contributed by atoms with Gasteiger partial charge in [-0.2, -0.15) is 0 Å². The van der Waals surface area contributed by atoms with Crippen molar-refractivity contribution in [2.24, 2.45) is 5.92 Å². The number of nitrogens with zero attached hydrogens (tertiary/aromatic N) is 2. The van der Waals surface area contributed by atoms with Gasteiger partial charge in [0.05, 0.1) is 6.20 Å². The highest BCUT2D eigenvalue weighted by molar-refractivity contribution is 5.97. The predicted molar refractivity (Wildman–Crippen MR) is 72.7 cm³/mol. The highest BCUT2D eigenvalue weighted by Gasteiger charge is 2.43. The summed E-state index contributed by atoms with van der Waals surface area (Å²) in [6.45, 7) is 9.18. The van der Waals surface area contributed by atoms with E-state index >= 15 is 0 Å². The summed E-state index contributed by atoms with van der Waals surface area (Å²) in [7, 11) is 0. The van der Waals surface area contributed by atoms with Crippen molar-refractivity contribution in [3.8, 4) is 0 Å². The molecule has 1 aromatic rings. The van der Waals surface area contributed by atoms with Gasteiger partial charge in [-0.3, -0.25) is 9.59 Å². The zero-order chi connectivity index (χ0) is 15.0. The number of aromatic nitrogens is 1. The third-order valence-electron chi connectivity index (χ3n) is 3.60. The van der Waals surface area contributed by atoms with Gasteiger partial charge in [0.1, 0.15) is 23.9 Å². The third kappa shape index (κ3) is 2.42. The molecule has 0 bridgehead atoms. The molecule has 0 saturated carbocycles. The first-order valence-electron chi connectivity index (χ1n) is 6.87. The molecule has 1 aliphatic heterocycles. The smallest absolute Gasteiger partial charge is 0.246 e. The van der Waals surface area contributed by atoms with Crippen LogP contribution >= 0.6 is 0 Å². The minimum absolute atomic E-state index is 0.0185. The topological polar surface area (TPSA) is 75.4 Å². The third-order valence-corrected chi connectivity index (χ3v) is 3.60. The van der Waals surface area contributed by atoms with Gasteiger partial charge in [0.15, 0.2) is 0 Å². The highest BCUT2D eigenvalue weighted by Crippen LogP contribution is 2.28. The number of rotatable bonds is 3. The second kappa shape index (κ2) is 5.26. The fraction of sp³-hybridized carbons (Fsp3) is 0.643. The van der Waals surface area contributed by atoms with Gasteiger partial charge >= 0.3 is 0 Å². The van der Waals surface area contributed by atoms with Gasteiger partial charge in [0, 0.05) is 0 Å². The van der Waals surface area contributed by atoms with Gasteiger partial charge in [-0.25, -0.2) is 4.98 Å². The van der Waals surface area contributed by atoms with E-state index in [9.17, 15) is 9.59 Å². The van der Waals surface area contributed by atoms with Crippen LogP contribution in [0.2, 0.25) is 0 Å². The summed E-state index contributed by atoms with van der Waals surface area (Å²) in [4.78, 5) is 30.4. The average Bonchev–Trinajstić information content (AvgIpc) is 2.78. The number of carbonyl (C=O) groups excluding carboxylic acids is 2. The second-order valence-electron chi connectivity index (χ2n) is 5.65. The first kappa shape index (κ1) is 14.6. The zero-order valence-corrected chi connectivity index (χ0v) is 12.5. The van der Waals surface area contributed by atoms with E-state index in [4.69, 9.17) is 4.42 Å². The average molecular weight is 279 g/mol. The molecule has 1 fully saturated rings. The van der Waals surface area contributed by atoms with Gasteiger partial charge in [0.25, 0.3) is 0 Å². The van der Waals surface area contributed by atoms with E-state index in [1.165, 1.54) is 0 Å².